The number of hydrogen-bond acceptors (Lipinski definition) is 6. The fourth-order valence-corrected chi connectivity index (χ4v) is 2.42. The Kier molecular flexibility index (Phi) is 6.80. The monoisotopic (exact) mass is 323 g/mol. The standard InChI is InChI=1S/C17H27N2O4/c1-14(21-16-8-6-5-7-9-16)20-15(2)22-17(3,4)23-19-12-10-18-11-13-19/h5-8,14-15,18H,10-13H2,1-4H3. The van der Waals surface area contributed by atoms with E-state index >= 15 is 0 Å². The minimum Gasteiger partial charge on any atom is -0.465 e. The quantitative estimate of drug-likeness (QED) is 0.740. The van der Waals surface area contributed by atoms with Crippen molar-refractivity contribution in [3.63, 3.8) is 0 Å². The van der Waals surface area contributed by atoms with Crippen molar-refractivity contribution in [3.05, 3.63) is 30.3 Å². The first-order valence-electron chi connectivity index (χ1n) is 8.06. The molecule has 129 valence electrons. The smallest absolute Gasteiger partial charge is 0.199 e. The van der Waals surface area contributed by atoms with Gasteiger partial charge in [0.2, 0.25) is 0 Å². The number of hydroxylamine groups is 2. The van der Waals surface area contributed by atoms with E-state index < -0.39 is 18.4 Å². The number of piperazine rings is 1. The molecule has 0 amide bonds. The zero-order chi connectivity index (χ0) is 16.7. The van der Waals surface area contributed by atoms with E-state index in [0.717, 1.165) is 26.2 Å². The van der Waals surface area contributed by atoms with Crippen molar-refractivity contribution in [3.8, 4) is 5.75 Å². The van der Waals surface area contributed by atoms with Crippen LogP contribution in [0.2, 0.25) is 0 Å². The van der Waals surface area contributed by atoms with Gasteiger partial charge in [-0.3, -0.25) is 4.84 Å². The number of hydrogen-bond donors (Lipinski definition) is 1. The van der Waals surface area contributed by atoms with Crippen molar-refractivity contribution in [2.75, 3.05) is 26.2 Å². The molecule has 0 spiro atoms. The summed E-state index contributed by atoms with van der Waals surface area (Å²) in [6.07, 6.45) is -0.912. The lowest BCUT2D eigenvalue weighted by Gasteiger charge is -2.36. The molecule has 1 aliphatic rings. The normalized spacial score (nSPS) is 19.3. The lowest BCUT2D eigenvalue weighted by atomic mass is 10.3. The van der Waals surface area contributed by atoms with E-state index in [9.17, 15) is 0 Å². The molecule has 1 fully saturated rings. The maximum Gasteiger partial charge on any atom is 0.199 e. The summed E-state index contributed by atoms with van der Waals surface area (Å²) < 4.78 is 17.2. The van der Waals surface area contributed by atoms with Crippen LogP contribution in [0, 0.1) is 6.07 Å². The first kappa shape index (κ1) is 18.2. The average Bonchev–Trinajstić information content (AvgIpc) is 2.47. The SMILES string of the molecule is CC(Oc1[c]cccc1)OC(C)OC(C)(C)ON1CCNCC1. The van der Waals surface area contributed by atoms with Crippen LogP contribution in [0.15, 0.2) is 24.3 Å². The van der Waals surface area contributed by atoms with Gasteiger partial charge in [0.1, 0.15) is 5.75 Å². The summed E-state index contributed by atoms with van der Waals surface area (Å²) in [5.74, 6) is -0.126. The van der Waals surface area contributed by atoms with Crippen molar-refractivity contribution >= 4 is 0 Å². The maximum absolute atomic E-state index is 5.89. The molecule has 1 aromatic rings. The third-order valence-electron chi connectivity index (χ3n) is 3.23. The minimum atomic E-state index is -0.769. The zero-order valence-electron chi connectivity index (χ0n) is 14.4. The molecule has 6 heteroatoms. The first-order chi connectivity index (χ1) is 10.9. The van der Waals surface area contributed by atoms with Crippen LogP contribution in [0.4, 0.5) is 0 Å². The van der Waals surface area contributed by atoms with Gasteiger partial charge in [0.25, 0.3) is 0 Å². The highest BCUT2D eigenvalue weighted by Gasteiger charge is 2.28. The van der Waals surface area contributed by atoms with Crippen molar-refractivity contribution in [1.82, 2.24) is 10.4 Å². The largest absolute Gasteiger partial charge is 0.465 e. The highest BCUT2D eigenvalue weighted by Crippen LogP contribution is 2.19. The van der Waals surface area contributed by atoms with Crippen LogP contribution >= 0.6 is 0 Å². The molecule has 2 atom stereocenters. The summed E-state index contributed by atoms with van der Waals surface area (Å²) in [5, 5.41) is 5.20. The zero-order valence-corrected chi connectivity index (χ0v) is 14.4. The van der Waals surface area contributed by atoms with Gasteiger partial charge in [-0.1, -0.05) is 18.2 Å². The average molecular weight is 323 g/mol. The van der Waals surface area contributed by atoms with E-state index in [2.05, 4.69) is 11.4 Å². The van der Waals surface area contributed by atoms with Gasteiger partial charge < -0.3 is 19.5 Å². The van der Waals surface area contributed by atoms with E-state index in [1.165, 1.54) is 0 Å². The van der Waals surface area contributed by atoms with Crippen LogP contribution in [-0.4, -0.2) is 49.6 Å². The number of benzene rings is 1. The van der Waals surface area contributed by atoms with Crippen LogP contribution in [0.3, 0.4) is 0 Å². The van der Waals surface area contributed by atoms with Crippen LogP contribution in [0.5, 0.6) is 5.75 Å². The summed E-state index contributed by atoms with van der Waals surface area (Å²) in [4.78, 5) is 5.89. The Labute approximate surface area is 138 Å². The van der Waals surface area contributed by atoms with Crippen molar-refractivity contribution in [2.24, 2.45) is 0 Å². The number of rotatable bonds is 8. The lowest BCUT2D eigenvalue weighted by molar-refractivity contribution is -0.375. The molecule has 2 unspecified atom stereocenters. The minimum absolute atomic E-state index is 0.446. The molecule has 1 radical (unpaired) electrons. The molecule has 6 nitrogen and oxygen atoms in total. The molecular weight excluding hydrogens is 296 g/mol. The van der Waals surface area contributed by atoms with Crippen molar-refractivity contribution < 1.29 is 19.0 Å². The molecule has 0 aliphatic carbocycles. The molecule has 1 aliphatic heterocycles. The van der Waals surface area contributed by atoms with Gasteiger partial charge in [0, 0.05) is 32.2 Å². The molecular formula is C17H27N2O4. The summed E-state index contributed by atoms with van der Waals surface area (Å²) in [5.41, 5.74) is 0. The molecule has 0 aromatic heterocycles. The Morgan fingerprint density at radius 3 is 2.57 bits per heavy atom. The number of nitrogens with zero attached hydrogens (tertiary/aromatic N) is 1. The molecule has 0 saturated carbocycles. The number of ether oxygens (including phenoxy) is 3. The second-order valence-electron chi connectivity index (χ2n) is 5.90. The topological polar surface area (TPSA) is 52.2 Å². The first-order valence-corrected chi connectivity index (χ1v) is 8.06. The fourth-order valence-electron chi connectivity index (χ4n) is 2.42. The second-order valence-corrected chi connectivity index (χ2v) is 5.90. The molecule has 1 aromatic carbocycles. The third kappa shape index (κ3) is 6.85. The predicted octanol–water partition coefficient (Wildman–Crippen LogP) is 2.16. The van der Waals surface area contributed by atoms with Gasteiger partial charge in [-0.25, -0.2) is 0 Å². The van der Waals surface area contributed by atoms with Gasteiger partial charge in [-0.2, -0.15) is 5.06 Å². The van der Waals surface area contributed by atoms with Crippen molar-refractivity contribution in [2.45, 2.75) is 46.1 Å². The summed E-state index contributed by atoms with van der Waals surface area (Å²) in [6.45, 7) is 10.9. The summed E-state index contributed by atoms with van der Waals surface area (Å²) >= 11 is 0. The second kappa shape index (κ2) is 8.61. The van der Waals surface area contributed by atoms with E-state index in [1.807, 2.05) is 51.0 Å². The van der Waals surface area contributed by atoms with E-state index in [4.69, 9.17) is 19.0 Å². The van der Waals surface area contributed by atoms with Gasteiger partial charge in [0.15, 0.2) is 18.4 Å². The van der Waals surface area contributed by atoms with Gasteiger partial charge in [-0.05, 0) is 33.8 Å². The van der Waals surface area contributed by atoms with Crippen molar-refractivity contribution in [1.29, 1.82) is 0 Å². The predicted molar refractivity (Wildman–Crippen MR) is 86.6 cm³/mol. The Morgan fingerprint density at radius 2 is 1.91 bits per heavy atom. The van der Waals surface area contributed by atoms with E-state index in [-0.39, 0.29) is 0 Å². The molecule has 0 bridgehead atoms. The molecule has 2 rings (SSSR count). The maximum atomic E-state index is 5.89. The Hall–Kier alpha value is -1.18. The number of nitrogens with one attached hydrogen (secondary N) is 1. The van der Waals surface area contributed by atoms with E-state index in [1.54, 1.807) is 6.07 Å². The summed E-state index contributed by atoms with van der Waals surface area (Å²) in [6, 6.07) is 10.4. The van der Waals surface area contributed by atoms with Gasteiger partial charge >= 0.3 is 0 Å². The van der Waals surface area contributed by atoms with Crippen LogP contribution in [0.25, 0.3) is 0 Å². The van der Waals surface area contributed by atoms with Crippen LogP contribution < -0.4 is 10.1 Å². The number of para-hydroxylation sites is 1. The molecule has 1 saturated heterocycles. The van der Waals surface area contributed by atoms with Gasteiger partial charge in [-0.15, -0.1) is 0 Å². The Morgan fingerprint density at radius 1 is 1.17 bits per heavy atom. The van der Waals surface area contributed by atoms with Crippen LogP contribution in [-0.2, 0) is 14.3 Å². The molecule has 1 N–H and O–H groups in total. The van der Waals surface area contributed by atoms with Crippen LogP contribution in [0.1, 0.15) is 27.7 Å². The third-order valence-corrected chi connectivity index (χ3v) is 3.23. The van der Waals surface area contributed by atoms with Gasteiger partial charge in [0.05, 0.1) is 0 Å². The fraction of sp³-hybridized carbons (Fsp3) is 0.647. The highest BCUT2D eigenvalue weighted by atomic mass is 16.9. The Bertz CT molecular complexity index is 449. The molecule has 1 heterocycles. The molecule has 23 heavy (non-hydrogen) atoms. The Balaban J connectivity index is 1.74. The highest BCUT2D eigenvalue weighted by molar-refractivity contribution is 5.19. The lowest BCUT2D eigenvalue weighted by Crippen LogP contribution is -2.48. The van der Waals surface area contributed by atoms with E-state index in [0.29, 0.717) is 5.75 Å². The summed E-state index contributed by atoms with van der Waals surface area (Å²) in [7, 11) is 0.